The Hall–Kier alpha value is -2.75. The molecule has 2 aromatic rings. The van der Waals surface area contributed by atoms with E-state index in [4.69, 9.17) is 0 Å². The molecule has 4 rings (SSSR count). The predicted molar refractivity (Wildman–Crippen MR) is 120 cm³/mol. The molecule has 9 nitrogen and oxygen atoms in total. The molecule has 1 N–H and O–H groups in total. The van der Waals surface area contributed by atoms with Crippen molar-refractivity contribution in [1.29, 1.82) is 0 Å². The van der Waals surface area contributed by atoms with Crippen molar-refractivity contribution in [3.8, 4) is 11.4 Å². The second-order valence-electron chi connectivity index (χ2n) is 8.50. The fraction of sp³-hybridized carbons (Fsp3) is 0.545. The topological polar surface area (TPSA) is 114 Å². The standard InChI is InChI=1S/C22H29N5O4S/c1-2-27-20(17-8-4-3-5-9-17)23-22(25-27)24-21(29)18-10-6-7-12-26(18)19(28)14-16-11-13-32(30,31)15-16/h3-5,8-9,16,18H,2,6-7,10-15H2,1H3,(H,24,25,29)/t16?,18-/m0/s1. The van der Waals surface area contributed by atoms with Gasteiger partial charge in [0, 0.05) is 25.1 Å². The van der Waals surface area contributed by atoms with Gasteiger partial charge in [0.2, 0.25) is 17.8 Å². The van der Waals surface area contributed by atoms with Crippen LogP contribution in [0.5, 0.6) is 0 Å². The fourth-order valence-electron chi connectivity index (χ4n) is 4.51. The summed E-state index contributed by atoms with van der Waals surface area (Å²) in [6.07, 6.45) is 2.94. The third-order valence-corrected chi connectivity index (χ3v) is 7.99. The maximum Gasteiger partial charge on any atom is 0.249 e. The van der Waals surface area contributed by atoms with Crippen LogP contribution in [0.15, 0.2) is 30.3 Å². The Morgan fingerprint density at radius 2 is 1.94 bits per heavy atom. The maximum atomic E-state index is 13.1. The number of carbonyl (C=O) groups is 2. The van der Waals surface area contributed by atoms with E-state index in [2.05, 4.69) is 15.4 Å². The highest BCUT2D eigenvalue weighted by Crippen LogP contribution is 2.26. The van der Waals surface area contributed by atoms with Gasteiger partial charge in [0.05, 0.1) is 11.5 Å². The molecule has 0 radical (unpaired) electrons. The van der Waals surface area contributed by atoms with Gasteiger partial charge in [-0.15, -0.1) is 5.10 Å². The van der Waals surface area contributed by atoms with E-state index in [1.54, 1.807) is 9.58 Å². The molecule has 2 aliphatic rings. The number of anilines is 1. The van der Waals surface area contributed by atoms with E-state index >= 15 is 0 Å². The van der Waals surface area contributed by atoms with Crippen LogP contribution in [0.3, 0.4) is 0 Å². The summed E-state index contributed by atoms with van der Waals surface area (Å²) in [7, 11) is -3.04. The van der Waals surface area contributed by atoms with E-state index in [9.17, 15) is 18.0 Å². The van der Waals surface area contributed by atoms with Crippen molar-refractivity contribution >= 4 is 27.6 Å². The molecule has 0 aliphatic carbocycles. The molecule has 2 atom stereocenters. The molecule has 2 fully saturated rings. The van der Waals surface area contributed by atoms with E-state index in [1.807, 2.05) is 37.3 Å². The van der Waals surface area contributed by atoms with E-state index in [-0.39, 0.29) is 41.6 Å². The number of carbonyl (C=O) groups excluding carboxylic acids is 2. The van der Waals surface area contributed by atoms with E-state index in [0.717, 1.165) is 18.4 Å². The van der Waals surface area contributed by atoms with Gasteiger partial charge in [-0.3, -0.25) is 14.9 Å². The number of piperidine rings is 1. The molecule has 0 saturated carbocycles. The Morgan fingerprint density at radius 3 is 2.62 bits per heavy atom. The fourth-order valence-corrected chi connectivity index (χ4v) is 6.37. The first-order chi connectivity index (χ1) is 15.4. The molecule has 2 amide bonds. The summed E-state index contributed by atoms with van der Waals surface area (Å²) in [6.45, 7) is 3.06. The van der Waals surface area contributed by atoms with E-state index < -0.39 is 15.9 Å². The summed E-state index contributed by atoms with van der Waals surface area (Å²) in [5.74, 6) is 0.481. The number of aromatic nitrogens is 3. The van der Waals surface area contributed by atoms with Crippen molar-refractivity contribution in [2.24, 2.45) is 5.92 Å². The Bertz CT molecular complexity index is 1080. The molecular weight excluding hydrogens is 430 g/mol. The molecule has 2 aliphatic heterocycles. The van der Waals surface area contributed by atoms with E-state index in [1.165, 1.54) is 0 Å². The second kappa shape index (κ2) is 9.40. The molecule has 0 spiro atoms. The number of aryl methyl sites for hydroxylation is 1. The van der Waals surface area contributed by atoms with Crippen LogP contribution in [0.4, 0.5) is 5.95 Å². The molecule has 10 heteroatoms. The molecule has 2 saturated heterocycles. The SMILES string of the molecule is CCn1nc(NC(=O)[C@@H]2CCCCN2C(=O)CC2CCS(=O)(=O)C2)nc1-c1ccccc1. The second-order valence-corrected chi connectivity index (χ2v) is 10.7. The van der Waals surface area contributed by atoms with Crippen LogP contribution in [-0.4, -0.2) is 64.0 Å². The lowest BCUT2D eigenvalue weighted by Gasteiger charge is -2.35. The highest BCUT2D eigenvalue weighted by Gasteiger charge is 2.36. The van der Waals surface area contributed by atoms with Crippen molar-refractivity contribution < 1.29 is 18.0 Å². The molecule has 32 heavy (non-hydrogen) atoms. The lowest BCUT2D eigenvalue weighted by Crippen LogP contribution is -2.50. The Balaban J connectivity index is 1.46. The van der Waals surface area contributed by atoms with Gasteiger partial charge in [-0.2, -0.15) is 4.98 Å². The number of sulfone groups is 1. The summed E-state index contributed by atoms with van der Waals surface area (Å²) in [5.41, 5.74) is 0.906. The van der Waals surface area contributed by atoms with Crippen LogP contribution in [-0.2, 0) is 26.0 Å². The normalized spacial score (nSPS) is 22.6. The average Bonchev–Trinajstić information content (AvgIpc) is 3.36. The van der Waals surface area contributed by atoms with Gasteiger partial charge in [0.15, 0.2) is 15.7 Å². The zero-order chi connectivity index (χ0) is 22.7. The molecule has 1 unspecified atom stereocenters. The number of hydrogen-bond donors (Lipinski definition) is 1. The zero-order valence-corrected chi connectivity index (χ0v) is 19.1. The van der Waals surface area contributed by atoms with Gasteiger partial charge in [-0.1, -0.05) is 30.3 Å². The highest BCUT2D eigenvalue weighted by atomic mass is 32.2. The zero-order valence-electron chi connectivity index (χ0n) is 18.2. The molecular formula is C22H29N5O4S. The largest absolute Gasteiger partial charge is 0.331 e. The van der Waals surface area contributed by atoms with Gasteiger partial charge < -0.3 is 4.90 Å². The minimum absolute atomic E-state index is 0.0596. The van der Waals surface area contributed by atoms with Crippen LogP contribution in [0.2, 0.25) is 0 Å². The monoisotopic (exact) mass is 459 g/mol. The summed E-state index contributed by atoms with van der Waals surface area (Å²) >= 11 is 0. The minimum Gasteiger partial charge on any atom is -0.331 e. The van der Waals surface area contributed by atoms with Crippen LogP contribution in [0.1, 0.15) is 39.0 Å². The van der Waals surface area contributed by atoms with E-state index in [0.29, 0.717) is 31.8 Å². The first-order valence-corrected chi connectivity index (χ1v) is 13.0. The molecule has 1 aromatic carbocycles. The van der Waals surface area contributed by atoms with Crippen molar-refractivity contribution in [3.05, 3.63) is 30.3 Å². The number of nitrogens with one attached hydrogen (secondary N) is 1. The maximum absolute atomic E-state index is 13.1. The van der Waals surface area contributed by atoms with Crippen molar-refractivity contribution in [2.45, 2.75) is 51.6 Å². The Labute approximate surface area is 188 Å². The lowest BCUT2D eigenvalue weighted by molar-refractivity contribution is -0.141. The summed E-state index contributed by atoms with van der Waals surface area (Å²) < 4.78 is 25.2. The lowest BCUT2D eigenvalue weighted by atomic mass is 9.98. The molecule has 0 bridgehead atoms. The Kier molecular flexibility index (Phi) is 6.59. The highest BCUT2D eigenvalue weighted by molar-refractivity contribution is 7.91. The smallest absolute Gasteiger partial charge is 0.249 e. The predicted octanol–water partition coefficient (Wildman–Crippen LogP) is 2.11. The number of nitrogens with zero attached hydrogens (tertiary/aromatic N) is 4. The number of rotatable bonds is 6. The van der Waals surface area contributed by atoms with Crippen LogP contribution < -0.4 is 5.32 Å². The van der Waals surface area contributed by atoms with Crippen LogP contribution in [0, 0.1) is 5.92 Å². The summed E-state index contributed by atoms with van der Waals surface area (Å²) in [5, 5.41) is 7.21. The van der Waals surface area contributed by atoms with Gasteiger partial charge >= 0.3 is 0 Å². The quantitative estimate of drug-likeness (QED) is 0.708. The molecule has 3 heterocycles. The number of hydrogen-bond acceptors (Lipinski definition) is 6. The Morgan fingerprint density at radius 1 is 1.16 bits per heavy atom. The van der Waals surface area contributed by atoms with Crippen molar-refractivity contribution in [3.63, 3.8) is 0 Å². The van der Waals surface area contributed by atoms with Gasteiger partial charge in [0.25, 0.3) is 0 Å². The number of benzene rings is 1. The van der Waals surface area contributed by atoms with Crippen LogP contribution in [0.25, 0.3) is 11.4 Å². The third-order valence-electron chi connectivity index (χ3n) is 6.15. The number of amides is 2. The molecule has 172 valence electrons. The minimum atomic E-state index is -3.04. The van der Waals surface area contributed by atoms with Crippen molar-refractivity contribution in [1.82, 2.24) is 19.7 Å². The third kappa shape index (κ3) is 5.01. The summed E-state index contributed by atoms with van der Waals surface area (Å²) in [4.78, 5) is 32.1. The summed E-state index contributed by atoms with van der Waals surface area (Å²) in [6, 6.07) is 9.04. The number of likely N-dealkylation sites (tertiary alicyclic amines) is 1. The van der Waals surface area contributed by atoms with Gasteiger partial charge in [-0.05, 0) is 38.5 Å². The molecule has 1 aromatic heterocycles. The van der Waals surface area contributed by atoms with Gasteiger partial charge in [0.1, 0.15) is 6.04 Å². The first-order valence-electron chi connectivity index (χ1n) is 11.2. The average molecular weight is 460 g/mol. The van der Waals surface area contributed by atoms with Gasteiger partial charge in [-0.25, -0.2) is 13.1 Å². The first kappa shape index (κ1) is 22.4. The van der Waals surface area contributed by atoms with Crippen molar-refractivity contribution in [2.75, 3.05) is 23.4 Å². The van der Waals surface area contributed by atoms with Crippen LogP contribution >= 0.6 is 0 Å².